The molecular weight excluding hydrogens is 358 g/mol. The van der Waals surface area contributed by atoms with Crippen LogP contribution in [0.2, 0.25) is 0 Å². The fourth-order valence-corrected chi connectivity index (χ4v) is 2.96. The minimum atomic E-state index is 0.543. The van der Waals surface area contributed by atoms with Crippen molar-refractivity contribution >= 4 is 34.9 Å². The summed E-state index contributed by atoms with van der Waals surface area (Å²) < 4.78 is 5.36. The first-order chi connectivity index (χ1) is 13.3. The monoisotopic (exact) mass is 384 g/mol. The molecule has 0 bridgehead atoms. The fraction of sp³-hybridized carbons (Fsp3) is 0.300. The summed E-state index contributed by atoms with van der Waals surface area (Å²) in [5.41, 5.74) is 5.97. The summed E-state index contributed by atoms with van der Waals surface area (Å²) >= 11 is 5.25. The number of rotatable bonds is 7. The molecule has 3 rings (SSSR count). The number of morpholine rings is 1. The number of nitrogens with one attached hydrogen (secondary N) is 4. The number of quaternary nitrogens is 1. The minimum absolute atomic E-state index is 0.543. The van der Waals surface area contributed by atoms with Gasteiger partial charge in [0.05, 0.1) is 32.5 Å². The van der Waals surface area contributed by atoms with E-state index in [4.69, 9.17) is 17.0 Å². The molecule has 0 spiro atoms. The molecule has 4 N–H and O–H groups in total. The van der Waals surface area contributed by atoms with Crippen molar-refractivity contribution in [3.05, 3.63) is 60.2 Å². The van der Waals surface area contributed by atoms with Crippen molar-refractivity contribution in [2.45, 2.75) is 0 Å². The van der Waals surface area contributed by atoms with Gasteiger partial charge in [0.2, 0.25) is 0 Å². The van der Waals surface area contributed by atoms with Crippen molar-refractivity contribution in [3.8, 4) is 0 Å². The molecule has 6 nitrogen and oxygen atoms in total. The van der Waals surface area contributed by atoms with Gasteiger partial charge in [0.15, 0.2) is 5.11 Å². The zero-order valence-electron chi connectivity index (χ0n) is 15.3. The number of hydrogen-bond acceptors (Lipinski definition) is 4. The second-order valence-electron chi connectivity index (χ2n) is 6.35. The van der Waals surface area contributed by atoms with Crippen molar-refractivity contribution in [1.82, 2.24) is 10.7 Å². The van der Waals surface area contributed by atoms with Gasteiger partial charge >= 0.3 is 0 Å². The summed E-state index contributed by atoms with van der Waals surface area (Å²) in [5.74, 6) is 0. The van der Waals surface area contributed by atoms with E-state index in [0.717, 1.165) is 56.3 Å². The Kier molecular flexibility index (Phi) is 7.58. The number of benzene rings is 2. The molecule has 1 aliphatic heterocycles. The molecule has 0 unspecified atom stereocenters. The average Bonchev–Trinajstić information content (AvgIpc) is 2.71. The highest BCUT2D eigenvalue weighted by molar-refractivity contribution is 7.80. The minimum Gasteiger partial charge on any atom is -0.370 e. The molecule has 2 aromatic carbocycles. The first kappa shape index (κ1) is 19.3. The number of hydrogen-bond donors (Lipinski definition) is 4. The summed E-state index contributed by atoms with van der Waals surface area (Å²) in [5, 5.41) is 11.3. The van der Waals surface area contributed by atoms with Gasteiger partial charge in [0.25, 0.3) is 0 Å². The largest absolute Gasteiger partial charge is 0.370 e. The van der Waals surface area contributed by atoms with Gasteiger partial charge in [-0.05, 0) is 42.0 Å². The van der Waals surface area contributed by atoms with E-state index >= 15 is 0 Å². The van der Waals surface area contributed by atoms with Crippen molar-refractivity contribution in [2.75, 3.05) is 44.7 Å². The van der Waals surface area contributed by atoms with Crippen molar-refractivity contribution in [2.24, 2.45) is 5.10 Å². The van der Waals surface area contributed by atoms with Crippen LogP contribution in [0.15, 0.2) is 59.7 Å². The molecule has 1 aliphatic rings. The van der Waals surface area contributed by atoms with Crippen LogP contribution in [0.1, 0.15) is 5.56 Å². The molecular formula is C20H26N5OS+. The van der Waals surface area contributed by atoms with Gasteiger partial charge < -0.3 is 20.3 Å². The predicted octanol–water partition coefficient (Wildman–Crippen LogP) is 1.14. The molecule has 1 saturated heterocycles. The highest BCUT2D eigenvalue weighted by Gasteiger charge is 2.12. The summed E-state index contributed by atoms with van der Waals surface area (Å²) in [7, 11) is 0. The lowest BCUT2D eigenvalue weighted by molar-refractivity contribution is -0.906. The molecule has 2 aromatic rings. The number of anilines is 2. The molecule has 7 heteroatoms. The molecule has 0 amide bonds. The highest BCUT2D eigenvalue weighted by Crippen LogP contribution is 2.15. The van der Waals surface area contributed by atoms with Gasteiger partial charge in [-0.15, -0.1) is 0 Å². The van der Waals surface area contributed by atoms with E-state index in [1.807, 2.05) is 54.6 Å². The molecule has 1 fully saturated rings. The van der Waals surface area contributed by atoms with E-state index in [0.29, 0.717) is 5.11 Å². The topological polar surface area (TPSA) is 62.1 Å². The normalized spacial score (nSPS) is 14.8. The van der Waals surface area contributed by atoms with E-state index in [2.05, 4.69) is 21.2 Å². The van der Waals surface area contributed by atoms with Crippen LogP contribution in [-0.2, 0) is 4.74 Å². The van der Waals surface area contributed by atoms with Gasteiger partial charge in [0, 0.05) is 11.4 Å². The smallest absolute Gasteiger partial charge is 0.187 e. The Hall–Kier alpha value is -2.48. The van der Waals surface area contributed by atoms with Crippen LogP contribution in [0.5, 0.6) is 0 Å². The summed E-state index contributed by atoms with van der Waals surface area (Å²) in [4.78, 5) is 1.55. The van der Waals surface area contributed by atoms with Gasteiger partial charge in [0.1, 0.15) is 13.1 Å². The van der Waals surface area contributed by atoms with E-state index < -0.39 is 0 Å². The second kappa shape index (κ2) is 10.6. The predicted molar refractivity (Wildman–Crippen MR) is 114 cm³/mol. The summed E-state index contributed by atoms with van der Waals surface area (Å²) in [6.07, 6.45) is 1.76. The Balaban J connectivity index is 1.36. The maximum absolute atomic E-state index is 5.36. The van der Waals surface area contributed by atoms with Crippen molar-refractivity contribution in [3.63, 3.8) is 0 Å². The van der Waals surface area contributed by atoms with Crippen LogP contribution in [0.25, 0.3) is 0 Å². The van der Waals surface area contributed by atoms with Crippen molar-refractivity contribution < 1.29 is 9.64 Å². The second-order valence-corrected chi connectivity index (χ2v) is 6.76. The Morgan fingerprint density at radius 1 is 1.04 bits per heavy atom. The van der Waals surface area contributed by atoms with E-state index in [9.17, 15) is 0 Å². The number of thiocarbonyl (C=S) groups is 1. The fourth-order valence-electron chi connectivity index (χ4n) is 2.81. The van der Waals surface area contributed by atoms with Crippen molar-refractivity contribution in [1.29, 1.82) is 0 Å². The van der Waals surface area contributed by atoms with E-state index in [1.54, 1.807) is 11.1 Å². The third kappa shape index (κ3) is 6.97. The Morgan fingerprint density at radius 3 is 2.48 bits per heavy atom. The lowest BCUT2D eigenvalue weighted by atomic mass is 10.2. The first-order valence-corrected chi connectivity index (χ1v) is 9.61. The number of para-hydroxylation sites is 1. The molecule has 1 heterocycles. The van der Waals surface area contributed by atoms with Crippen LogP contribution in [0.3, 0.4) is 0 Å². The average molecular weight is 385 g/mol. The van der Waals surface area contributed by atoms with E-state index in [-0.39, 0.29) is 0 Å². The third-order valence-corrected chi connectivity index (χ3v) is 4.55. The van der Waals surface area contributed by atoms with Gasteiger partial charge in [-0.25, -0.2) is 0 Å². The van der Waals surface area contributed by atoms with Crippen LogP contribution >= 0.6 is 12.2 Å². The standard InChI is InChI=1S/C20H25N5OS/c27-20(21-10-11-25-12-14-26-15-13-25)24-22-16-17-6-8-19(9-7-17)23-18-4-2-1-3-5-18/h1-9,16,23H,10-15H2,(H2,21,24,27)/p+1/b22-16-. The van der Waals surface area contributed by atoms with Gasteiger partial charge in [-0.3, -0.25) is 5.43 Å². The Labute approximate surface area is 165 Å². The number of ether oxygens (including phenoxy) is 1. The van der Waals surface area contributed by atoms with Gasteiger partial charge in [-0.2, -0.15) is 5.10 Å². The van der Waals surface area contributed by atoms with Crippen LogP contribution < -0.4 is 21.0 Å². The van der Waals surface area contributed by atoms with Crippen LogP contribution in [0.4, 0.5) is 11.4 Å². The maximum Gasteiger partial charge on any atom is 0.187 e. The molecule has 0 aliphatic carbocycles. The molecule has 0 saturated carbocycles. The molecule has 142 valence electrons. The van der Waals surface area contributed by atoms with Crippen LogP contribution in [-0.4, -0.2) is 50.7 Å². The molecule has 0 aromatic heterocycles. The zero-order valence-corrected chi connectivity index (χ0v) is 16.1. The molecule has 0 atom stereocenters. The van der Waals surface area contributed by atoms with Crippen LogP contribution in [0, 0.1) is 0 Å². The summed E-state index contributed by atoms with van der Waals surface area (Å²) in [6, 6.07) is 18.2. The number of nitrogens with zero attached hydrogens (tertiary/aromatic N) is 1. The number of hydrazone groups is 1. The SMILES string of the molecule is S=C(NCC[NH+]1CCOCC1)N/N=C\c1ccc(Nc2ccccc2)cc1. The quantitative estimate of drug-likeness (QED) is 0.328. The molecule has 0 radical (unpaired) electrons. The Morgan fingerprint density at radius 2 is 1.74 bits per heavy atom. The Bertz CT molecular complexity index is 730. The zero-order chi connectivity index (χ0) is 18.7. The lowest BCUT2D eigenvalue weighted by Crippen LogP contribution is -3.14. The lowest BCUT2D eigenvalue weighted by Gasteiger charge is -2.23. The third-order valence-electron chi connectivity index (χ3n) is 4.32. The highest BCUT2D eigenvalue weighted by atomic mass is 32.1. The maximum atomic E-state index is 5.36. The summed E-state index contributed by atoms with van der Waals surface area (Å²) in [6.45, 7) is 5.69. The molecule has 27 heavy (non-hydrogen) atoms. The van der Waals surface area contributed by atoms with E-state index in [1.165, 1.54) is 0 Å². The first-order valence-electron chi connectivity index (χ1n) is 9.20. The van der Waals surface area contributed by atoms with Gasteiger partial charge in [-0.1, -0.05) is 30.3 Å².